The smallest absolute Gasteiger partial charge is 0.0443 e. The lowest BCUT2D eigenvalue weighted by Gasteiger charge is -2.41. The maximum atomic E-state index is 3.67. The van der Waals surface area contributed by atoms with Crippen molar-refractivity contribution in [3.05, 3.63) is 29.3 Å². The van der Waals surface area contributed by atoms with Gasteiger partial charge in [-0.25, -0.2) is 0 Å². The van der Waals surface area contributed by atoms with Gasteiger partial charge >= 0.3 is 0 Å². The Hall–Kier alpha value is -1.02. The zero-order valence-electron chi connectivity index (χ0n) is 10.9. The standard InChI is InChI=1S/C15H22N2/c1-11-5-3-7-14(12(11)2)17-10-9-16-13-6-4-8-15(13)17/h3,5,7,13,15-16H,4,6,8-10H2,1-2H3. The predicted octanol–water partition coefficient (Wildman–Crippen LogP) is 2.63. The van der Waals surface area contributed by atoms with Gasteiger partial charge in [-0.05, 0) is 50.3 Å². The number of aryl methyl sites for hydroxylation is 1. The molecule has 2 heteroatoms. The minimum atomic E-state index is 0.726. The third-order valence-electron chi connectivity index (χ3n) is 4.52. The fraction of sp³-hybridized carbons (Fsp3) is 0.600. The van der Waals surface area contributed by atoms with E-state index >= 15 is 0 Å². The number of hydrogen-bond donors (Lipinski definition) is 1. The maximum absolute atomic E-state index is 3.67. The van der Waals surface area contributed by atoms with E-state index in [9.17, 15) is 0 Å². The van der Waals surface area contributed by atoms with Crippen molar-refractivity contribution >= 4 is 5.69 Å². The minimum absolute atomic E-state index is 0.726. The number of piperazine rings is 1. The highest BCUT2D eigenvalue weighted by molar-refractivity contribution is 5.57. The summed E-state index contributed by atoms with van der Waals surface area (Å²) in [7, 11) is 0. The molecule has 1 aromatic rings. The van der Waals surface area contributed by atoms with Crippen LogP contribution in [-0.4, -0.2) is 25.2 Å². The normalized spacial score (nSPS) is 28.2. The molecule has 2 unspecified atom stereocenters. The Morgan fingerprint density at radius 3 is 3.00 bits per heavy atom. The molecule has 1 aliphatic carbocycles. The third kappa shape index (κ3) is 1.85. The van der Waals surface area contributed by atoms with Crippen LogP contribution in [-0.2, 0) is 0 Å². The molecule has 17 heavy (non-hydrogen) atoms. The number of nitrogens with one attached hydrogen (secondary N) is 1. The van der Waals surface area contributed by atoms with Crippen LogP contribution in [0.1, 0.15) is 30.4 Å². The van der Waals surface area contributed by atoms with Crippen molar-refractivity contribution in [2.75, 3.05) is 18.0 Å². The molecule has 92 valence electrons. The number of hydrogen-bond acceptors (Lipinski definition) is 2. The average Bonchev–Trinajstić information content (AvgIpc) is 2.81. The van der Waals surface area contributed by atoms with E-state index in [2.05, 4.69) is 42.3 Å². The number of rotatable bonds is 1. The summed E-state index contributed by atoms with van der Waals surface area (Å²) in [5.74, 6) is 0. The molecule has 1 saturated heterocycles. The molecule has 2 aliphatic rings. The molecule has 2 fully saturated rings. The Morgan fingerprint density at radius 2 is 2.12 bits per heavy atom. The molecule has 0 amide bonds. The van der Waals surface area contributed by atoms with Gasteiger partial charge in [0.05, 0.1) is 0 Å². The van der Waals surface area contributed by atoms with Crippen LogP contribution in [0, 0.1) is 13.8 Å². The van der Waals surface area contributed by atoms with Crippen molar-refractivity contribution in [2.45, 2.75) is 45.2 Å². The second-order valence-electron chi connectivity index (χ2n) is 5.47. The largest absolute Gasteiger partial charge is 0.365 e. The zero-order valence-corrected chi connectivity index (χ0v) is 10.9. The topological polar surface area (TPSA) is 15.3 Å². The van der Waals surface area contributed by atoms with E-state index in [1.54, 1.807) is 0 Å². The maximum Gasteiger partial charge on any atom is 0.0443 e. The van der Waals surface area contributed by atoms with Crippen LogP contribution in [0.5, 0.6) is 0 Å². The van der Waals surface area contributed by atoms with E-state index in [1.807, 2.05) is 0 Å². The summed E-state index contributed by atoms with van der Waals surface area (Å²) in [6.07, 6.45) is 4.08. The highest BCUT2D eigenvalue weighted by Crippen LogP contribution is 2.33. The molecule has 0 spiro atoms. The summed E-state index contributed by atoms with van der Waals surface area (Å²) in [4.78, 5) is 2.65. The Bertz CT molecular complexity index is 413. The summed E-state index contributed by atoms with van der Waals surface area (Å²) in [6, 6.07) is 8.16. The van der Waals surface area contributed by atoms with Crippen LogP contribution in [0.25, 0.3) is 0 Å². The summed E-state index contributed by atoms with van der Waals surface area (Å²) in [5, 5.41) is 3.67. The van der Waals surface area contributed by atoms with Gasteiger partial charge in [0.25, 0.3) is 0 Å². The third-order valence-corrected chi connectivity index (χ3v) is 4.52. The minimum Gasteiger partial charge on any atom is -0.365 e. The molecule has 1 saturated carbocycles. The van der Waals surface area contributed by atoms with Gasteiger partial charge in [0, 0.05) is 30.9 Å². The van der Waals surface area contributed by atoms with E-state index < -0.39 is 0 Å². The van der Waals surface area contributed by atoms with Crippen molar-refractivity contribution < 1.29 is 0 Å². The fourth-order valence-electron chi connectivity index (χ4n) is 3.43. The Labute approximate surface area is 104 Å². The lowest BCUT2D eigenvalue weighted by molar-refractivity contribution is 0.403. The molecule has 2 nitrogen and oxygen atoms in total. The summed E-state index contributed by atoms with van der Waals surface area (Å²) in [5.41, 5.74) is 4.33. The summed E-state index contributed by atoms with van der Waals surface area (Å²) >= 11 is 0. The SMILES string of the molecule is Cc1cccc(N2CCNC3CCCC32)c1C. The van der Waals surface area contributed by atoms with Crippen molar-refractivity contribution in [2.24, 2.45) is 0 Å². The van der Waals surface area contributed by atoms with Crippen LogP contribution < -0.4 is 10.2 Å². The van der Waals surface area contributed by atoms with Gasteiger partial charge < -0.3 is 10.2 Å². The fourth-order valence-corrected chi connectivity index (χ4v) is 3.43. The Kier molecular flexibility index (Phi) is 2.83. The van der Waals surface area contributed by atoms with Crippen molar-refractivity contribution in [3.63, 3.8) is 0 Å². The average molecular weight is 230 g/mol. The molecular weight excluding hydrogens is 208 g/mol. The van der Waals surface area contributed by atoms with E-state index in [1.165, 1.54) is 36.1 Å². The molecule has 1 N–H and O–H groups in total. The van der Waals surface area contributed by atoms with Gasteiger partial charge in [-0.15, -0.1) is 0 Å². The highest BCUT2D eigenvalue weighted by Gasteiger charge is 2.35. The van der Waals surface area contributed by atoms with Crippen molar-refractivity contribution in [3.8, 4) is 0 Å². The summed E-state index contributed by atoms with van der Waals surface area (Å²) < 4.78 is 0. The molecule has 0 bridgehead atoms. The van der Waals surface area contributed by atoms with Gasteiger partial charge in [-0.1, -0.05) is 12.1 Å². The van der Waals surface area contributed by atoms with E-state index in [-0.39, 0.29) is 0 Å². The molecule has 1 heterocycles. The second-order valence-corrected chi connectivity index (χ2v) is 5.47. The number of fused-ring (bicyclic) bond motifs is 1. The summed E-state index contributed by atoms with van der Waals surface area (Å²) in [6.45, 7) is 6.77. The zero-order chi connectivity index (χ0) is 11.8. The van der Waals surface area contributed by atoms with Crippen molar-refractivity contribution in [1.82, 2.24) is 5.32 Å². The van der Waals surface area contributed by atoms with Gasteiger partial charge in [0.15, 0.2) is 0 Å². The molecule has 0 aromatic heterocycles. The second kappa shape index (κ2) is 4.34. The van der Waals surface area contributed by atoms with Crippen LogP contribution >= 0.6 is 0 Å². The van der Waals surface area contributed by atoms with Gasteiger partial charge in [0.2, 0.25) is 0 Å². The molecule has 2 atom stereocenters. The molecule has 1 aromatic carbocycles. The molecule has 0 radical (unpaired) electrons. The van der Waals surface area contributed by atoms with Crippen molar-refractivity contribution in [1.29, 1.82) is 0 Å². The molecule has 3 rings (SSSR count). The van der Waals surface area contributed by atoms with E-state index in [0.717, 1.165) is 25.2 Å². The van der Waals surface area contributed by atoms with Gasteiger partial charge in [-0.3, -0.25) is 0 Å². The van der Waals surface area contributed by atoms with Crippen LogP contribution in [0.3, 0.4) is 0 Å². The number of benzene rings is 1. The van der Waals surface area contributed by atoms with E-state index in [4.69, 9.17) is 0 Å². The first kappa shape index (κ1) is 11.1. The first-order valence-corrected chi connectivity index (χ1v) is 6.83. The monoisotopic (exact) mass is 230 g/mol. The lowest BCUT2D eigenvalue weighted by atomic mass is 10.0. The first-order valence-electron chi connectivity index (χ1n) is 6.83. The highest BCUT2D eigenvalue weighted by atomic mass is 15.2. The first-order chi connectivity index (χ1) is 8.27. The van der Waals surface area contributed by atoms with Crippen LogP contribution in [0.15, 0.2) is 18.2 Å². The van der Waals surface area contributed by atoms with Gasteiger partial charge in [0.1, 0.15) is 0 Å². The van der Waals surface area contributed by atoms with Crippen LogP contribution in [0.4, 0.5) is 5.69 Å². The van der Waals surface area contributed by atoms with E-state index in [0.29, 0.717) is 0 Å². The van der Waals surface area contributed by atoms with Crippen LogP contribution in [0.2, 0.25) is 0 Å². The quantitative estimate of drug-likeness (QED) is 0.798. The molecular formula is C15H22N2. The number of nitrogens with zero attached hydrogens (tertiary/aromatic N) is 1. The predicted molar refractivity (Wildman–Crippen MR) is 72.7 cm³/mol. The molecule has 1 aliphatic heterocycles. The lowest BCUT2D eigenvalue weighted by Crippen LogP contribution is -2.55. The number of anilines is 1. The van der Waals surface area contributed by atoms with Gasteiger partial charge in [-0.2, -0.15) is 0 Å². The Morgan fingerprint density at radius 1 is 1.24 bits per heavy atom. The Balaban J connectivity index is 1.94.